The first-order valence-corrected chi connectivity index (χ1v) is 7.35. The van der Waals surface area contributed by atoms with Gasteiger partial charge in [-0.05, 0) is 18.2 Å². The molecule has 0 heterocycles. The minimum atomic E-state index is -1.17. The second-order valence-corrected chi connectivity index (χ2v) is 5.37. The van der Waals surface area contributed by atoms with Gasteiger partial charge in [0.1, 0.15) is 6.04 Å². The average Bonchev–Trinajstić information content (AvgIpc) is 2.51. The van der Waals surface area contributed by atoms with Gasteiger partial charge < -0.3 is 20.5 Å². The molecule has 0 saturated carbocycles. The maximum atomic E-state index is 11.9. The second kappa shape index (κ2) is 9.34. The number of carboxylic acid groups (broad SMARTS) is 1. The standard InChI is InChI=1S/C14H16Cl2N2O5/c1-23-5-4-11(14(21)22)18-12(19)7-17-13(20)8-2-3-9(15)10(16)6-8/h2-3,6,11H,4-5,7H2,1H3,(H,17,20)(H,18,19)(H,21,22). The van der Waals surface area contributed by atoms with E-state index in [4.69, 9.17) is 33.0 Å². The van der Waals surface area contributed by atoms with Crippen LogP contribution in [0.3, 0.4) is 0 Å². The van der Waals surface area contributed by atoms with Crippen LogP contribution < -0.4 is 10.6 Å². The average molecular weight is 363 g/mol. The lowest BCUT2D eigenvalue weighted by Crippen LogP contribution is -2.46. The molecule has 0 spiro atoms. The first kappa shape index (κ1) is 19.2. The van der Waals surface area contributed by atoms with E-state index in [0.29, 0.717) is 5.02 Å². The Hall–Kier alpha value is -1.83. The van der Waals surface area contributed by atoms with Crippen molar-refractivity contribution in [1.82, 2.24) is 10.6 Å². The van der Waals surface area contributed by atoms with Crippen molar-refractivity contribution in [2.75, 3.05) is 20.3 Å². The molecule has 0 aliphatic rings. The lowest BCUT2D eigenvalue weighted by molar-refractivity contribution is -0.142. The molecule has 0 bridgehead atoms. The molecular weight excluding hydrogens is 347 g/mol. The number of ether oxygens (including phenoxy) is 1. The van der Waals surface area contributed by atoms with E-state index in [1.165, 1.54) is 25.3 Å². The Morgan fingerprint density at radius 3 is 2.52 bits per heavy atom. The van der Waals surface area contributed by atoms with Gasteiger partial charge in [0.05, 0.1) is 16.6 Å². The van der Waals surface area contributed by atoms with Crippen LogP contribution in [0.25, 0.3) is 0 Å². The van der Waals surface area contributed by atoms with E-state index in [0.717, 1.165) is 0 Å². The molecule has 1 aromatic carbocycles. The summed E-state index contributed by atoms with van der Waals surface area (Å²) in [7, 11) is 1.43. The van der Waals surface area contributed by atoms with E-state index in [1.807, 2.05) is 0 Å². The number of amides is 2. The lowest BCUT2D eigenvalue weighted by atomic mass is 10.2. The summed E-state index contributed by atoms with van der Waals surface area (Å²) in [6.45, 7) is -0.178. The predicted octanol–water partition coefficient (Wildman–Crippen LogP) is 1.33. The van der Waals surface area contributed by atoms with Gasteiger partial charge in [0, 0.05) is 25.7 Å². The van der Waals surface area contributed by atoms with Crippen LogP contribution >= 0.6 is 23.2 Å². The van der Waals surface area contributed by atoms with E-state index >= 15 is 0 Å². The molecule has 0 aliphatic carbocycles. The van der Waals surface area contributed by atoms with Crippen LogP contribution in [0.2, 0.25) is 10.0 Å². The van der Waals surface area contributed by atoms with Crippen LogP contribution in [0.1, 0.15) is 16.8 Å². The fourth-order valence-corrected chi connectivity index (χ4v) is 1.94. The molecule has 0 saturated heterocycles. The number of carboxylic acids is 1. The molecule has 1 rings (SSSR count). The molecule has 3 N–H and O–H groups in total. The first-order chi connectivity index (χ1) is 10.8. The number of carbonyl (C=O) groups is 3. The molecular formula is C14H16Cl2N2O5. The highest BCUT2D eigenvalue weighted by molar-refractivity contribution is 6.42. The van der Waals surface area contributed by atoms with Crippen molar-refractivity contribution in [3.05, 3.63) is 33.8 Å². The molecule has 23 heavy (non-hydrogen) atoms. The quantitative estimate of drug-likeness (QED) is 0.646. The van der Waals surface area contributed by atoms with Gasteiger partial charge in [-0.2, -0.15) is 0 Å². The number of aliphatic carboxylic acids is 1. The fourth-order valence-electron chi connectivity index (χ4n) is 1.64. The van der Waals surface area contributed by atoms with Crippen molar-refractivity contribution in [2.45, 2.75) is 12.5 Å². The Morgan fingerprint density at radius 1 is 1.26 bits per heavy atom. The molecule has 0 aromatic heterocycles. The van der Waals surface area contributed by atoms with E-state index in [-0.39, 0.29) is 30.2 Å². The molecule has 9 heteroatoms. The number of nitrogens with one attached hydrogen (secondary N) is 2. The molecule has 126 valence electrons. The maximum absolute atomic E-state index is 11.9. The minimum Gasteiger partial charge on any atom is -0.480 e. The van der Waals surface area contributed by atoms with E-state index in [2.05, 4.69) is 10.6 Å². The molecule has 0 fully saturated rings. The zero-order valence-electron chi connectivity index (χ0n) is 12.3. The number of carbonyl (C=O) groups excluding carboxylic acids is 2. The molecule has 1 atom stereocenters. The van der Waals surface area contributed by atoms with Gasteiger partial charge >= 0.3 is 5.97 Å². The SMILES string of the molecule is COCCC(NC(=O)CNC(=O)c1ccc(Cl)c(Cl)c1)C(=O)O. The highest BCUT2D eigenvalue weighted by Crippen LogP contribution is 2.22. The summed E-state index contributed by atoms with van der Waals surface area (Å²) in [5, 5.41) is 14.2. The minimum absolute atomic E-state index is 0.123. The van der Waals surface area contributed by atoms with Crippen molar-refractivity contribution in [3.8, 4) is 0 Å². The number of benzene rings is 1. The molecule has 1 unspecified atom stereocenters. The summed E-state index contributed by atoms with van der Waals surface area (Å²) in [5.41, 5.74) is 0.237. The number of rotatable bonds is 8. The monoisotopic (exact) mass is 362 g/mol. The van der Waals surface area contributed by atoms with Gasteiger partial charge in [-0.3, -0.25) is 9.59 Å². The van der Waals surface area contributed by atoms with Gasteiger partial charge in [-0.15, -0.1) is 0 Å². The number of hydrogen-bond donors (Lipinski definition) is 3. The molecule has 1 aromatic rings. The molecule has 0 radical (unpaired) electrons. The van der Waals surface area contributed by atoms with Crippen LogP contribution in [-0.4, -0.2) is 49.2 Å². The normalized spacial score (nSPS) is 11.6. The summed E-state index contributed by atoms with van der Waals surface area (Å²) in [6, 6.07) is 3.21. The van der Waals surface area contributed by atoms with Gasteiger partial charge in [-0.1, -0.05) is 23.2 Å². The Bertz CT molecular complexity index is 595. The zero-order valence-corrected chi connectivity index (χ0v) is 13.8. The summed E-state index contributed by atoms with van der Waals surface area (Å²) >= 11 is 11.6. The number of hydrogen-bond acceptors (Lipinski definition) is 4. The van der Waals surface area contributed by atoms with E-state index in [1.54, 1.807) is 0 Å². The third kappa shape index (κ3) is 6.43. The topological polar surface area (TPSA) is 105 Å². The van der Waals surface area contributed by atoms with Gasteiger partial charge in [-0.25, -0.2) is 4.79 Å². The lowest BCUT2D eigenvalue weighted by Gasteiger charge is -2.14. The predicted molar refractivity (Wildman–Crippen MR) is 84.9 cm³/mol. The number of halogens is 2. The summed E-state index contributed by atoms with van der Waals surface area (Å²) in [6.07, 6.45) is 0.123. The van der Waals surface area contributed by atoms with Gasteiger partial charge in [0.2, 0.25) is 5.91 Å². The maximum Gasteiger partial charge on any atom is 0.326 e. The highest BCUT2D eigenvalue weighted by atomic mass is 35.5. The van der Waals surface area contributed by atoms with Crippen molar-refractivity contribution in [2.24, 2.45) is 0 Å². The van der Waals surface area contributed by atoms with Crippen molar-refractivity contribution in [1.29, 1.82) is 0 Å². The molecule has 7 nitrogen and oxygen atoms in total. The van der Waals surface area contributed by atoms with Crippen molar-refractivity contribution in [3.63, 3.8) is 0 Å². The largest absolute Gasteiger partial charge is 0.480 e. The Morgan fingerprint density at radius 2 is 1.96 bits per heavy atom. The summed E-state index contributed by atoms with van der Waals surface area (Å²) in [4.78, 5) is 34.6. The summed E-state index contributed by atoms with van der Waals surface area (Å²) in [5.74, 6) is -2.32. The Kier molecular flexibility index (Phi) is 7.80. The van der Waals surface area contributed by atoms with Gasteiger partial charge in [0.15, 0.2) is 0 Å². The first-order valence-electron chi connectivity index (χ1n) is 6.59. The van der Waals surface area contributed by atoms with Crippen LogP contribution in [0.15, 0.2) is 18.2 Å². The van der Waals surface area contributed by atoms with Crippen molar-refractivity contribution >= 4 is 41.0 Å². The van der Waals surface area contributed by atoms with E-state index < -0.39 is 23.8 Å². The second-order valence-electron chi connectivity index (χ2n) is 4.55. The summed E-state index contributed by atoms with van der Waals surface area (Å²) < 4.78 is 4.77. The zero-order chi connectivity index (χ0) is 17.4. The fraction of sp³-hybridized carbons (Fsp3) is 0.357. The highest BCUT2D eigenvalue weighted by Gasteiger charge is 2.19. The van der Waals surface area contributed by atoms with Crippen LogP contribution in [0.5, 0.6) is 0 Å². The van der Waals surface area contributed by atoms with Crippen LogP contribution in [0.4, 0.5) is 0 Å². The van der Waals surface area contributed by atoms with Gasteiger partial charge in [0.25, 0.3) is 5.91 Å². The van der Waals surface area contributed by atoms with Crippen LogP contribution in [-0.2, 0) is 14.3 Å². The molecule has 0 aliphatic heterocycles. The molecule has 2 amide bonds. The van der Waals surface area contributed by atoms with Crippen molar-refractivity contribution < 1.29 is 24.2 Å². The van der Waals surface area contributed by atoms with Crippen LogP contribution in [0, 0.1) is 0 Å². The Labute approximate surface area is 142 Å². The van der Waals surface area contributed by atoms with E-state index in [9.17, 15) is 14.4 Å². The third-order valence-electron chi connectivity index (χ3n) is 2.84. The Balaban J connectivity index is 2.52. The number of methoxy groups -OCH3 is 1. The smallest absolute Gasteiger partial charge is 0.326 e. The third-order valence-corrected chi connectivity index (χ3v) is 3.57.